The molecule has 3 aliphatic carbocycles. The molecular formula is C29H39N3O3. The molecule has 35 heavy (non-hydrogen) atoms. The van der Waals surface area contributed by atoms with Gasteiger partial charge in [-0.1, -0.05) is 51.3 Å². The summed E-state index contributed by atoms with van der Waals surface area (Å²) in [6.45, 7) is 5.11. The number of nitrogens with zero attached hydrogens (tertiary/aromatic N) is 1. The zero-order valence-corrected chi connectivity index (χ0v) is 21.1. The molecule has 2 heterocycles. The van der Waals surface area contributed by atoms with Gasteiger partial charge in [0.05, 0.1) is 6.61 Å². The lowest BCUT2D eigenvalue weighted by atomic mass is 9.95. The van der Waals surface area contributed by atoms with Crippen LogP contribution in [0.3, 0.4) is 0 Å². The van der Waals surface area contributed by atoms with Crippen LogP contribution in [0.5, 0.6) is 0 Å². The van der Waals surface area contributed by atoms with E-state index in [2.05, 4.69) is 42.7 Å². The predicted octanol–water partition coefficient (Wildman–Crippen LogP) is 4.56. The van der Waals surface area contributed by atoms with E-state index in [9.17, 15) is 5.11 Å². The number of hydrogen-bond donors (Lipinski definition) is 3. The summed E-state index contributed by atoms with van der Waals surface area (Å²) in [6, 6.07) is 0.559. The van der Waals surface area contributed by atoms with Crippen molar-refractivity contribution in [1.29, 1.82) is 0 Å². The number of allylic oxidation sites excluding steroid dienone is 3. The highest BCUT2D eigenvalue weighted by Crippen LogP contribution is 2.25. The Balaban J connectivity index is 1.48. The zero-order chi connectivity index (χ0) is 24.2. The standard InChI is InChI=1S/C29H39N3O3/c1-3-5-11-19(4-2)18-34-29-31-27(22-13-6-8-16-24(22)33)30-28(32-29)23-15-10-14-21-20-12-7-9-17-25(20)35-26(21)23/h8-9,14,16-17,19,27-28,30,33H,3-7,10-13,15,18H2,1-2H3,(H,31,32). The molecule has 3 unspecified atom stereocenters. The van der Waals surface area contributed by atoms with Gasteiger partial charge in [0, 0.05) is 21.9 Å². The molecule has 1 aromatic heterocycles. The van der Waals surface area contributed by atoms with Gasteiger partial charge in [-0.15, -0.1) is 0 Å². The van der Waals surface area contributed by atoms with Crippen LogP contribution in [0.2, 0.25) is 0 Å². The van der Waals surface area contributed by atoms with E-state index in [4.69, 9.17) is 14.1 Å². The first kappa shape index (κ1) is 24.0. The van der Waals surface area contributed by atoms with Gasteiger partial charge in [-0.05, 0) is 63.0 Å². The fraction of sp³-hybridized carbons (Fsp3) is 0.552. The summed E-state index contributed by atoms with van der Waals surface area (Å²) in [7, 11) is 0. The maximum absolute atomic E-state index is 10.6. The van der Waals surface area contributed by atoms with Crippen molar-refractivity contribution in [2.24, 2.45) is 10.9 Å². The van der Waals surface area contributed by atoms with Crippen LogP contribution in [0.15, 0.2) is 39.0 Å². The highest BCUT2D eigenvalue weighted by molar-refractivity contribution is 5.77. The van der Waals surface area contributed by atoms with Crippen LogP contribution in [0.4, 0.5) is 0 Å². The summed E-state index contributed by atoms with van der Waals surface area (Å²) in [5, 5.41) is 18.9. The second kappa shape index (κ2) is 10.9. The molecule has 1 aromatic rings. The first-order valence-corrected chi connectivity index (χ1v) is 13.5. The predicted molar refractivity (Wildman–Crippen MR) is 141 cm³/mol. The molecule has 0 radical (unpaired) electrons. The van der Waals surface area contributed by atoms with Gasteiger partial charge in [0.15, 0.2) is 0 Å². The number of aliphatic hydroxyl groups is 1. The Morgan fingerprint density at radius 2 is 1.94 bits per heavy atom. The van der Waals surface area contributed by atoms with E-state index >= 15 is 0 Å². The molecule has 3 N–H and O–H groups in total. The summed E-state index contributed by atoms with van der Waals surface area (Å²) in [6.07, 6.45) is 20.3. The van der Waals surface area contributed by atoms with Gasteiger partial charge < -0.3 is 19.6 Å². The van der Waals surface area contributed by atoms with Gasteiger partial charge in [0.25, 0.3) is 6.02 Å². The molecule has 0 spiro atoms. The van der Waals surface area contributed by atoms with Crippen molar-refractivity contribution in [3.05, 3.63) is 51.5 Å². The van der Waals surface area contributed by atoms with Crippen molar-refractivity contribution in [2.45, 2.75) is 90.4 Å². The lowest BCUT2D eigenvalue weighted by Gasteiger charge is -2.34. The largest absolute Gasteiger partial charge is 0.508 e. The normalized spacial score (nSPS) is 24.3. The van der Waals surface area contributed by atoms with Crippen molar-refractivity contribution < 1.29 is 14.3 Å². The first-order chi connectivity index (χ1) is 17.2. The number of aliphatic imine (C=N–C) groups is 1. The number of nitrogens with one attached hydrogen (secondary N) is 2. The average molecular weight is 478 g/mol. The summed E-state index contributed by atoms with van der Waals surface area (Å²) in [4.78, 5) is 4.99. The summed E-state index contributed by atoms with van der Waals surface area (Å²) in [5.74, 6) is 1.84. The smallest absolute Gasteiger partial charge is 0.288 e. The van der Waals surface area contributed by atoms with E-state index < -0.39 is 0 Å². The van der Waals surface area contributed by atoms with Crippen LogP contribution in [0.1, 0.15) is 83.0 Å². The maximum Gasteiger partial charge on any atom is 0.288 e. The van der Waals surface area contributed by atoms with Gasteiger partial charge in [0.1, 0.15) is 29.3 Å². The molecule has 6 heteroatoms. The monoisotopic (exact) mass is 477 g/mol. The molecule has 0 aromatic carbocycles. The van der Waals surface area contributed by atoms with Crippen LogP contribution < -0.4 is 21.3 Å². The minimum Gasteiger partial charge on any atom is -0.508 e. The summed E-state index contributed by atoms with van der Waals surface area (Å²) >= 11 is 0. The fourth-order valence-electron chi connectivity index (χ4n) is 5.52. The average Bonchev–Trinajstić information content (AvgIpc) is 3.28. The van der Waals surface area contributed by atoms with E-state index in [0.29, 0.717) is 24.3 Å². The Morgan fingerprint density at radius 3 is 2.77 bits per heavy atom. The molecule has 5 rings (SSSR count). The molecule has 4 aliphatic rings. The topological polar surface area (TPSA) is 79.0 Å². The van der Waals surface area contributed by atoms with Gasteiger partial charge in [-0.25, -0.2) is 4.99 Å². The highest BCUT2D eigenvalue weighted by Gasteiger charge is 2.32. The molecule has 0 saturated carbocycles. The summed E-state index contributed by atoms with van der Waals surface area (Å²) < 4.78 is 12.7. The molecular weight excluding hydrogens is 438 g/mol. The lowest BCUT2D eigenvalue weighted by molar-refractivity contribution is 0.202. The van der Waals surface area contributed by atoms with Crippen molar-refractivity contribution in [3.8, 4) is 0 Å². The minimum absolute atomic E-state index is 0.237. The van der Waals surface area contributed by atoms with Gasteiger partial charge in [-0.2, -0.15) is 0 Å². The molecule has 3 atom stereocenters. The number of rotatable bonds is 8. The second-order valence-electron chi connectivity index (χ2n) is 10.1. The molecule has 188 valence electrons. The lowest BCUT2D eigenvalue weighted by Crippen LogP contribution is -2.57. The summed E-state index contributed by atoms with van der Waals surface area (Å²) in [5.41, 5.74) is 4.41. The van der Waals surface area contributed by atoms with Crippen LogP contribution >= 0.6 is 0 Å². The maximum atomic E-state index is 10.6. The van der Waals surface area contributed by atoms with Crippen LogP contribution in [0, 0.1) is 5.92 Å². The van der Waals surface area contributed by atoms with Crippen molar-refractivity contribution in [1.82, 2.24) is 10.6 Å². The molecule has 0 bridgehead atoms. The van der Waals surface area contributed by atoms with Gasteiger partial charge in [0.2, 0.25) is 0 Å². The van der Waals surface area contributed by atoms with E-state index in [1.54, 1.807) is 6.08 Å². The van der Waals surface area contributed by atoms with Crippen molar-refractivity contribution in [3.63, 3.8) is 0 Å². The first-order valence-electron chi connectivity index (χ1n) is 13.5. The third-order valence-corrected chi connectivity index (χ3v) is 7.66. The third kappa shape index (κ3) is 5.13. The number of ether oxygens (including phenoxy) is 1. The van der Waals surface area contributed by atoms with E-state index in [0.717, 1.165) is 61.7 Å². The Hall–Kier alpha value is -2.73. The number of furan rings is 1. The molecule has 1 aliphatic heterocycles. The fourth-order valence-corrected chi connectivity index (χ4v) is 5.52. The van der Waals surface area contributed by atoms with Crippen molar-refractivity contribution >= 4 is 23.7 Å². The van der Waals surface area contributed by atoms with Crippen LogP contribution in [0.25, 0.3) is 17.7 Å². The Kier molecular flexibility index (Phi) is 7.47. The van der Waals surface area contributed by atoms with Gasteiger partial charge in [-0.3, -0.25) is 5.32 Å². The molecule has 0 saturated heterocycles. The number of unbranched alkanes of at least 4 members (excludes halogenated alkanes) is 1. The third-order valence-electron chi connectivity index (χ3n) is 7.66. The quantitative estimate of drug-likeness (QED) is 0.512. The Bertz CT molecular complexity index is 1170. The SMILES string of the molecule is CCCCC(CC)COC1=NC(C2=c3oc4c(c3=CCC2)CCC=C4)NC(C2=C(O)C=CCC2)N1. The molecule has 0 fully saturated rings. The highest BCUT2D eigenvalue weighted by atomic mass is 16.5. The Labute approximate surface area is 208 Å². The number of fused-ring (bicyclic) bond motifs is 3. The van der Waals surface area contributed by atoms with E-state index in [-0.39, 0.29) is 12.3 Å². The van der Waals surface area contributed by atoms with Gasteiger partial charge >= 0.3 is 0 Å². The van der Waals surface area contributed by atoms with Crippen LogP contribution in [-0.4, -0.2) is 30.1 Å². The zero-order valence-electron chi connectivity index (χ0n) is 21.1. The van der Waals surface area contributed by atoms with E-state index in [1.165, 1.54) is 35.6 Å². The van der Waals surface area contributed by atoms with E-state index in [1.807, 2.05) is 6.08 Å². The number of aliphatic hydroxyl groups excluding tert-OH is 1. The Morgan fingerprint density at radius 1 is 1.11 bits per heavy atom. The van der Waals surface area contributed by atoms with Crippen molar-refractivity contribution in [2.75, 3.05) is 6.61 Å². The number of amidine groups is 1. The molecule has 6 nitrogen and oxygen atoms in total. The van der Waals surface area contributed by atoms with Crippen LogP contribution in [-0.2, 0) is 11.2 Å². The number of hydrogen-bond acceptors (Lipinski definition) is 6. The minimum atomic E-state index is -0.262. The molecule has 0 amide bonds. The second-order valence-corrected chi connectivity index (χ2v) is 10.1.